The number of allylic oxidation sites excluding steroid dienone is 1. The summed E-state index contributed by atoms with van der Waals surface area (Å²) < 4.78 is 0. The zero-order chi connectivity index (χ0) is 16.1. The van der Waals surface area contributed by atoms with Crippen LogP contribution in [0.15, 0.2) is 104 Å². The minimum absolute atomic E-state index is 0.398. The molecular formula is C22H23P. The third-order valence-corrected chi connectivity index (χ3v) is 10.1. The van der Waals surface area contributed by atoms with E-state index in [1.807, 2.05) is 0 Å². The fourth-order valence-electron chi connectivity index (χ4n) is 3.57. The van der Waals surface area contributed by atoms with Crippen LogP contribution in [-0.4, -0.2) is 5.66 Å². The Balaban J connectivity index is 2.38. The molecule has 0 aromatic heterocycles. The van der Waals surface area contributed by atoms with E-state index in [4.69, 9.17) is 0 Å². The molecule has 0 nitrogen and oxygen atoms in total. The maximum absolute atomic E-state index is 4.14. The van der Waals surface area contributed by atoms with Crippen molar-refractivity contribution in [3.8, 4) is 0 Å². The van der Waals surface area contributed by atoms with E-state index in [-0.39, 0.29) is 0 Å². The van der Waals surface area contributed by atoms with Crippen molar-refractivity contribution in [1.82, 2.24) is 0 Å². The molecule has 0 aliphatic carbocycles. The second-order valence-electron chi connectivity index (χ2n) is 5.93. The van der Waals surface area contributed by atoms with Crippen molar-refractivity contribution in [3.63, 3.8) is 0 Å². The molecule has 0 aliphatic heterocycles. The van der Waals surface area contributed by atoms with E-state index >= 15 is 0 Å². The molecule has 0 saturated carbocycles. The normalized spacial score (nSPS) is 13.3. The number of hydrogen-bond acceptors (Lipinski definition) is 0. The molecule has 116 valence electrons. The van der Waals surface area contributed by atoms with E-state index < -0.39 is 7.26 Å². The van der Waals surface area contributed by atoms with Crippen LogP contribution in [0.5, 0.6) is 0 Å². The number of rotatable bonds is 5. The zero-order valence-corrected chi connectivity index (χ0v) is 14.5. The first-order valence-corrected chi connectivity index (χ1v) is 10.2. The van der Waals surface area contributed by atoms with Crippen LogP contribution >= 0.6 is 7.26 Å². The third-order valence-electron chi connectivity index (χ3n) is 4.72. The second-order valence-corrected chi connectivity index (χ2v) is 10.2. The van der Waals surface area contributed by atoms with Gasteiger partial charge in [-0.1, -0.05) is 0 Å². The Morgan fingerprint density at radius 1 is 0.652 bits per heavy atom. The quantitative estimate of drug-likeness (QED) is 0.486. The summed E-state index contributed by atoms with van der Waals surface area (Å²) >= 11 is 0. The van der Waals surface area contributed by atoms with Crippen LogP contribution in [-0.2, 0) is 0 Å². The van der Waals surface area contributed by atoms with Crippen LogP contribution in [0.4, 0.5) is 0 Å². The Morgan fingerprint density at radius 2 is 0.957 bits per heavy atom. The zero-order valence-electron chi connectivity index (χ0n) is 13.5. The molecule has 23 heavy (non-hydrogen) atoms. The summed E-state index contributed by atoms with van der Waals surface area (Å²) in [5.74, 6) is 0. The van der Waals surface area contributed by atoms with Gasteiger partial charge in [-0.2, -0.15) is 0 Å². The van der Waals surface area contributed by atoms with Gasteiger partial charge in [-0.05, 0) is 0 Å². The molecular weight excluding hydrogens is 295 g/mol. The molecule has 3 aromatic rings. The van der Waals surface area contributed by atoms with Gasteiger partial charge in [0.05, 0.1) is 0 Å². The summed E-state index contributed by atoms with van der Waals surface area (Å²) in [6.45, 7) is 6.45. The molecule has 0 saturated heterocycles. The summed E-state index contributed by atoms with van der Waals surface area (Å²) in [7, 11) is -2.15. The van der Waals surface area contributed by atoms with Gasteiger partial charge in [-0.3, -0.25) is 0 Å². The molecule has 1 unspecified atom stereocenters. The van der Waals surface area contributed by atoms with Crippen LogP contribution in [0.3, 0.4) is 0 Å². The van der Waals surface area contributed by atoms with Gasteiger partial charge >= 0.3 is 139 Å². The monoisotopic (exact) mass is 318 g/mol. The first kappa shape index (κ1) is 15.7. The van der Waals surface area contributed by atoms with E-state index in [2.05, 4.69) is 111 Å². The van der Waals surface area contributed by atoms with Gasteiger partial charge in [0.1, 0.15) is 0 Å². The minimum atomic E-state index is -2.15. The van der Waals surface area contributed by atoms with Gasteiger partial charge in [0.15, 0.2) is 0 Å². The van der Waals surface area contributed by atoms with Gasteiger partial charge in [-0.15, -0.1) is 0 Å². The predicted molar refractivity (Wildman–Crippen MR) is 106 cm³/mol. The summed E-state index contributed by atoms with van der Waals surface area (Å²) in [6.07, 6.45) is 2.12. The molecule has 0 N–H and O–H groups in total. The SMILES string of the molecule is C=CC(C)[PH](c1ccccc1)(c1ccccc1)c1ccccc1. The number of benzene rings is 3. The first-order valence-electron chi connectivity index (χ1n) is 8.09. The fraction of sp³-hybridized carbons (Fsp3) is 0.0909. The molecule has 0 aliphatic rings. The van der Waals surface area contributed by atoms with E-state index in [0.29, 0.717) is 5.66 Å². The summed E-state index contributed by atoms with van der Waals surface area (Å²) in [6, 6.07) is 32.9. The van der Waals surface area contributed by atoms with Crippen molar-refractivity contribution in [2.24, 2.45) is 0 Å². The average Bonchev–Trinajstić information content (AvgIpc) is 2.65. The predicted octanol–water partition coefficient (Wildman–Crippen LogP) is 4.29. The molecule has 0 heterocycles. The van der Waals surface area contributed by atoms with Crippen molar-refractivity contribution >= 4 is 23.2 Å². The van der Waals surface area contributed by atoms with Crippen molar-refractivity contribution in [1.29, 1.82) is 0 Å². The Morgan fingerprint density at radius 3 is 1.22 bits per heavy atom. The fourth-order valence-corrected chi connectivity index (χ4v) is 8.65. The topological polar surface area (TPSA) is 0 Å². The average molecular weight is 318 g/mol. The van der Waals surface area contributed by atoms with Gasteiger partial charge in [0.25, 0.3) is 0 Å². The van der Waals surface area contributed by atoms with Gasteiger partial charge in [0.2, 0.25) is 0 Å². The van der Waals surface area contributed by atoms with Crippen LogP contribution in [0, 0.1) is 0 Å². The molecule has 0 radical (unpaired) electrons. The van der Waals surface area contributed by atoms with Crippen molar-refractivity contribution in [2.45, 2.75) is 12.6 Å². The molecule has 0 fully saturated rings. The molecule has 0 spiro atoms. The number of hydrogen-bond donors (Lipinski definition) is 0. The van der Waals surface area contributed by atoms with E-state index in [9.17, 15) is 0 Å². The molecule has 3 aromatic carbocycles. The Labute approximate surface area is 139 Å². The summed E-state index contributed by atoms with van der Waals surface area (Å²) in [5, 5.41) is 4.31. The van der Waals surface area contributed by atoms with Gasteiger partial charge < -0.3 is 0 Å². The summed E-state index contributed by atoms with van der Waals surface area (Å²) in [5.41, 5.74) is 0.398. The Hall–Kier alpha value is -2.17. The van der Waals surface area contributed by atoms with Crippen molar-refractivity contribution in [2.75, 3.05) is 0 Å². The van der Waals surface area contributed by atoms with E-state index in [1.54, 1.807) is 0 Å². The Bertz CT molecular complexity index is 651. The first-order chi connectivity index (χ1) is 11.3. The Kier molecular flexibility index (Phi) is 4.74. The van der Waals surface area contributed by atoms with Crippen LogP contribution in [0.2, 0.25) is 0 Å². The molecule has 1 atom stereocenters. The summed E-state index contributed by atoms with van der Waals surface area (Å²) in [4.78, 5) is 0. The van der Waals surface area contributed by atoms with Crippen molar-refractivity contribution in [3.05, 3.63) is 104 Å². The van der Waals surface area contributed by atoms with E-state index in [1.165, 1.54) is 15.9 Å². The maximum atomic E-state index is 4.14. The van der Waals surface area contributed by atoms with E-state index in [0.717, 1.165) is 0 Å². The van der Waals surface area contributed by atoms with Crippen LogP contribution in [0.1, 0.15) is 6.92 Å². The molecule has 1 heteroatoms. The van der Waals surface area contributed by atoms with Gasteiger partial charge in [0, 0.05) is 0 Å². The second kappa shape index (κ2) is 6.94. The standard InChI is InChI=1S/C22H23P/c1-3-19(2)23(20-13-7-4-8-14-20,21-15-9-5-10-16-21)22-17-11-6-12-18-22/h3-19,23H,1H2,2H3. The van der Waals surface area contributed by atoms with Crippen LogP contribution < -0.4 is 15.9 Å². The third kappa shape index (κ3) is 2.76. The van der Waals surface area contributed by atoms with Crippen LogP contribution in [0.25, 0.3) is 0 Å². The molecule has 0 amide bonds. The van der Waals surface area contributed by atoms with Crippen molar-refractivity contribution < 1.29 is 0 Å². The molecule has 3 rings (SSSR count). The molecule has 0 bridgehead atoms. The van der Waals surface area contributed by atoms with Gasteiger partial charge in [-0.25, -0.2) is 0 Å².